The zero-order chi connectivity index (χ0) is 16.5. The van der Waals surface area contributed by atoms with Gasteiger partial charge in [-0.15, -0.1) is 0 Å². The van der Waals surface area contributed by atoms with Crippen LogP contribution in [0.3, 0.4) is 0 Å². The third-order valence-electron chi connectivity index (χ3n) is 2.83. The van der Waals surface area contributed by atoms with Gasteiger partial charge in [0, 0.05) is 30.9 Å². The molecule has 2 N–H and O–H groups in total. The molecule has 0 radical (unpaired) electrons. The molecule has 0 spiro atoms. The number of methoxy groups -OCH3 is 1. The van der Waals surface area contributed by atoms with Gasteiger partial charge in [0.1, 0.15) is 0 Å². The van der Waals surface area contributed by atoms with Crippen molar-refractivity contribution in [3.8, 4) is 0 Å². The highest BCUT2D eigenvalue weighted by atomic mass is 16.5. The Bertz CT molecular complexity index is 584. The molecule has 1 rings (SSSR count). The Labute approximate surface area is 129 Å². The monoisotopic (exact) mass is 309 g/mol. The molecule has 0 bridgehead atoms. The van der Waals surface area contributed by atoms with Crippen LogP contribution in [0.25, 0.3) is 0 Å². The quantitative estimate of drug-likeness (QED) is 0.418. The summed E-state index contributed by atoms with van der Waals surface area (Å²) in [4.78, 5) is 34.3. The fourth-order valence-corrected chi connectivity index (χ4v) is 1.86. The molecule has 1 aromatic heterocycles. The molecule has 22 heavy (non-hydrogen) atoms. The molecule has 0 aliphatic heterocycles. The average molecular weight is 309 g/mol. The van der Waals surface area contributed by atoms with Crippen molar-refractivity contribution in [3.05, 3.63) is 34.3 Å². The SMILES string of the molecule is COC(=O)/C=C/CCNC(=O)Cc1cc(=O)n(CC(C)C)[nH]1. The van der Waals surface area contributed by atoms with E-state index in [1.54, 1.807) is 6.08 Å². The normalized spacial score (nSPS) is 11.1. The third kappa shape index (κ3) is 6.43. The van der Waals surface area contributed by atoms with Crippen molar-refractivity contribution in [1.29, 1.82) is 0 Å². The number of hydrogen-bond acceptors (Lipinski definition) is 4. The van der Waals surface area contributed by atoms with Gasteiger partial charge in [-0.2, -0.15) is 0 Å². The fraction of sp³-hybridized carbons (Fsp3) is 0.533. The Morgan fingerprint density at radius 2 is 2.18 bits per heavy atom. The van der Waals surface area contributed by atoms with E-state index in [9.17, 15) is 14.4 Å². The lowest BCUT2D eigenvalue weighted by Crippen LogP contribution is -2.26. The Balaban J connectivity index is 2.38. The summed E-state index contributed by atoms with van der Waals surface area (Å²) < 4.78 is 5.95. The third-order valence-corrected chi connectivity index (χ3v) is 2.83. The topological polar surface area (TPSA) is 93.2 Å². The molecule has 0 aromatic carbocycles. The van der Waals surface area contributed by atoms with Gasteiger partial charge in [-0.3, -0.25) is 19.4 Å². The highest BCUT2D eigenvalue weighted by molar-refractivity contribution is 5.81. The van der Waals surface area contributed by atoms with Gasteiger partial charge in [-0.1, -0.05) is 19.9 Å². The van der Waals surface area contributed by atoms with E-state index >= 15 is 0 Å². The van der Waals surface area contributed by atoms with Crippen LogP contribution in [-0.4, -0.2) is 35.3 Å². The molecule has 0 aliphatic rings. The number of carbonyl (C=O) groups is 2. The van der Waals surface area contributed by atoms with Crippen LogP contribution < -0.4 is 10.9 Å². The summed E-state index contributed by atoms with van der Waals surface area (Å²) in [5.74, 6) is -0.251. The van der Waals surface area contributed by atoms with E-state index in [1.165, 1.54) is 23.9 Å². The molecule has 7 heteroatoms. The second kappa shape index (κ2) is 8.86. The smallest absolute Gasteiger partial charge is 0.330 e. The summed E-state index contributed by atoms with van der Waals surface area (Å²) in [5, 5.41) is 5.65. The molecule has 7 nitrogen and oxygen atoms in total. The molecule has 0 aliphatic carbocycles. The number of rotatable bonds is 8. The second-order valence-electron chi connectivity index (χ2n) is 5.37. The number of esters is 1. The van der Waals surface area contributed by atoms with Gasteiger partial charge >= 0.3 is 5.97 Å². The number of aromatic nitrogens is 2. The van der Waals surface area contributed by atoms with Crippen LogP contribution in [0.2, 0.25) is 0 Å². The van der Waals surface area contributed by atoms with Gasteiger partial charge in [-0.05, 0) is 12.3 Å². The summed E-state index contributed by atoms with van der Waals surface area (Å²) >= 11 is 0. The van der Waals surface area contributed by atoms with E-state index in [4.69, 9.17) is 0 Å². The summed E-state index contributed by atoms with van der Waals surface area (Å²) in [6, 6.07) is 1.44. The maximum atomic E-state index is 11.8. The van der Waals surface area contributed by atoms with Crippen molar-refractivity contribution >= 4 is 11.9 Å². The zero-order valence-electron chi connectivity index (χ0n) is 13.2. The highest BCUT2D eigenvalue weighted by Crippen LogP contribution is 1.98. The number of carbonyl (C=O) groups excluding carboxylic acids is 2. The van der Waals surface area contributed by atoms with E-state index in [1.807, 2.05) is 13.8 Å². The first kappa shape index (κ1) is 17.7. The molecule has 1 heterocycles. The van der Waals surface area contributed by atoms with Crippen molar-refractivity contribution in [1.82, 2.24) is 15.1 Å². The molecule has 1 aromatic rings. The van der Waals surface area contributed by atoms with Crippen LogP contribution in [0.4, 0.5) is 0 Å². The van der Waals surface area contributed by atoms with Gasteiger partial charge in [0.05, 0.1) is 13.5 Å². The molecule has 0 saturated carbocycles. The number of nitrogens with zero attached hydrogens (tertiary/aromatic N) is 1. The Hall–Kier alpha value is -2.31. The first-order valence-electron chi connectivity index (χ1n) is 7.22. The number of hydrogen-bond donors (Lipinski definition) is 2. The van der Waals surface area contributed by atoms with E-state index in [0.29, 0.717) is 31.1 Å². The summed E-state index contributed by atoms with van der Waals surface area (Å²) in [5.41, 5.74) is 0.464. The number of nitrogens with one attached hydrogen (secondary N) is 2. The Morgan fingerprint density at radius 3 is 2.82 bits per heavy atom. The maximum absolute atomic E-state index is 11.8. The van der Waals surface area contributed by atoms with Crippen molar-refractivity contribution in [2.24, 2.45) is 5.92 Å². The zero-order valence-corrected chi connectivity index (χ0v) is 13.2. The molecule has 0 saturated heterocycles. The Morgan fingerprint density at radius 1 is 1.45 bits per heavy atom. The minimum Gasteiger partial charge on any atom is -0.466 e. The first-order chi connectivity index (χ1) is 10.4. The summed E-state index contributed by atoms with van der Waals surface area (Å²) in [7, 11) is 1.31. The molecule has 0 unspecified atom stereocenters. The van der Waals surface area contributed by atoms with E-state index < -0.39 is 5.97 Å². The lowest BCUT2D eigenvalue weighted by Gasteiger charge is -2.05. The standard InChI is InChI=1S/C15H23N3O4/c1-11(2)10-18-14(20)9-12(17-18)8-13(19)16-7-5-4-6-15(21)22-3/h4,6,9,11,17H,5,7-8,10H2,1-3H3,(H,16,19)/b6-4+. The molecule has 122 valence electrons. The predicted octanol–water partition coefficient (Wildman–Crippen LogP) is 0.610. The molecular weight excluding hydrogens is 286 g/mol. The number of amides is 1. The first-order valence-corrected chi connectivity index (χ1v) is 7.22. The van der Waals surface area contributed by atoms with E-state index in [-0.39, 0.29) is 17.9 Å². The largest absolute Gasteiger partial charge is 0.466 e. The van der Waals surface area contributed by atoms with Gasteiger partial charge in [-0.25, -0.2) is 4.79 Å². The van der Waals surface area contributed by atoms with Crippen LogP contribution in [0.5, 0.6) is 0 Å². The number of aromatic amines is 1. The summed E-state index contributed by atoms with van der Waals surface area (Å²) in [6.45, 7) is 5.05. The predicted molar refractivity (Wildman–Crippen MR) is 82.4 cm³/mol. The lowest BCUT2D eigenvalue weighted by atomic mass is 10.2. The summed E-state index contributed by atoms with van der Waals surface area (Å²) in [6.07, 6.45) is 3.61. The van der Waals surface area contributed by atoms with Crippen molar-refractivity contribution in [2.75, 3.05) is 13.7 Å². The minimum absolute atomic E-state index is 0.126. The van der Waals surface area contributed by atoms with Gasteiger partial charge < -0.3 is 10.1 Å². The van der Waals surface area contributed by atoms with Gasteiger partial charge in [0.2, 0.25) is 5.91 Å². The molecule has 0 fully saturated rings. The van der Waals surface area contributed by atoms with Crippen LogP contribution in [0.15, 0.2) is 23.0 Å². The fourth-order valence-electron chi connectivity index (χ4n) is 1.86. The van der Waals surface area contributed by atoms with Crippen LogP contribution in [0.1, 0.15) is 26.0 Å². The average Bonchev–Trinajstić information content (AvgIpc) is 2.77. The van der Waals surface area contributed by atoms with Crippen molar-refractivity contribution in [3.63, 3.8) is 0 Å². The van der Waals surface area contributed by atoms with Crippen LogP contribution in [0, 0.1) is 5.92 Å². The van der Waals surface area contributed by atoms with Gasteiger partial charge in [0.25, 0.3) is 5.56 Å². The number of ether oxygens (including phenoxy) is 1. The van der Waals surface area contributed by atoms with Crippen LogP contribution in [-0.2, 0) is 27.3 Å². The van der Waals surface area contributed by atoms with Crippen molar-refractivity contribution < 1.29 is 14.3 Å². The van der Waals surface area contributed by atoms with E-state index in [2.05, 4.69) is 15.2 Å². The number of H-pyrrole nitrogens is 1. The lowest BCUT2D eigenvalue weighted by molar-refractivity contribution is -0.134. The molecular formula is C15H23N3O4. The molecule has 1 amide bonds. The van der Waals surface area contributed by atoms with Crippen molar-refractivity contribution in [2.45, 2.75) is 33.2 Å². The van der Waals surface area contributed by atoms with E-state index in [0.717, 1.165) is 0 Å². The maximum Gasteiger partial charge on any atom is 0.330 e. The second-order valence-corrected chi connectivity index (χ2v) is 5.37. The van der Waals surface area contributed by atoms with Crippen LogP contribution >= 0.6 is 0 Å². The van der Waals surface area contributed by atoms with Gasteiger partial charge in [0.15, 0.2) is 0 Å². The minimum atomic E-state index is -0.421. The molecule has 0 atom stereocenters. The highest BCUT2D eigenvalue weighted by Gasteiger charge is 2.08. The Kier molecular flexibility index (Phi) is 7.15.